The first-order chi connectivity index (χ1) is 9.52. The molecule has 1 aliphatic heterocycles. The summed E-state index contributed by atoms with van der Waals surface area (Å²) in [5.41, 5.74) is 0.390. The smallest absolute Gasteiger partial charge is 0.162 e. The zero-order valence-corrected chi connectivity index (χ0v) is 13.2. The number of hydrogen-bond donors (Lipinski definition) is 1. The van der Waals surface area contributed by atoms with Crippen molar-refractivity contribution in [3.8, 4) is 6.07 Å². The number of hydrogen-bond acceptors (Lipinski definition) is 7. The number of anilines is 1. The lowest BCUT2D eigenvalue weighted by Crippen LogP contribution is -2.41. The summed E-state index contributed by atoms with van der Waals surface area (Å²) in [5.74, 6) is 0.507. The lowest BCUT2D eigenvalue weighted by Gasteiger charge is -2.26. The van der Waals surface area contributed by atoms with Crippen molar-refractivity contribution in [3.05, 3.63) is 10.7 Å². The Morgan fingerprint density at radius 1 is 1.45 bits per heavy atom. The van der Waals surface area contributed by atoms with Crippen LogP contribution >= 0.6 is 23.1 Å². The average molecular weight is 335 g/mol. The van der Waals surface area contributed by atoms with Gasteiger partial charge in [-0.3, -0.25) is 0 Å². The summed E-state index contributed by atoms with van der Waals surface area (Å²) in [5, 5.41) is 13.0. The molecular formula is C11H15ClN4O2S2. The van der Waals surface area contributed by atoms with Gasteiger partial charge in [0.1, 0.15) is 16.6 Å². The molecule has 0 aliphatic carbocycles. The minimum absolute atomic E-state index is 0.237. The van der Waals surface area contributed by atoms with E-state index in [0.29, 0.717) is 30.2 Å². The first-order valence-corrected chi connectivity index (χ1v) is 9.21. The van der Waals surface area contributed by atoms with Crippen molar-refractivity contribution in [3.63, 3.8) is 0 Å². The van der Waals surface area contributed by atoms with E-state index in [2.05, 4.69) is 14.6 Å². The van der Waals surface area contributed by atoms with E-state index in [1.165, 1.54) is 11.5 Å². The summed E-state index contributed by atoms with van der Waals surface area (Å²) in [6.07, 6.45) is 0.875. The molecule has 20 heavy (non-hydrogen) atoms. The molecular weight excluding hydrogens is 320 g/mol. The van der Waals surface area contributed by atoms with Crippen molar-refractivity contribution in [2.45, 2.75) is 6.42 Å². The molecule has 2 rings (SSSR count). The molecule has 1 N–H and O–H groups in total. The third-order valence-corrected chi connectivity index (χ3v) is 5.92. The fourth-order valence-corrected chi connectivity index (χ4v) is 4.20. The van der Waals surface area contributed by atoms with Crippen molar-refractivity contribution < 1.29 is 8.42 Å². The van der Waals surface area contributed by atoms with Gasteiger partial charge in [-0.05, 0) is 24.5 Å². The van der Waals surface area contributed by atoms with E-state index in [0.717, 1.165) is 13.0 Å². The van der Waals surface area contributed by atoms with Crippen LogP contribution in [0.5, 0.6) is 0 Å². The molecule has 0 radical (unpaired) electrons. The van der Waals surface area contributed by atoms with Crippen molar-refractivity contribution >= 4 is 38.0 Å². The molecule has 1 aromatic heterocycles. The maximum absolute atomic E-state index is 11.3. The van der Waals surface area contributed by atoms with E-state index in [4.69, 9.17) is 16.9 Å². The Hall–Kier alpha value is -0.880. The highest BCUT2D eigenvalue weighted by Gasteiger charge is 2.20. The predicted octanol–water partition coefficient (Wildman–Crippen LogP) is 1.20. The van der Waals surface area contributed by atoms with Crippen molar-refractivity contribution in [1.82, 2.24) is 9.27 Å². The van der Waals surface area contributed by atoms with Gasteiger partial charge in [0.25, 0.3) is 0 Å². The first kappa shape index (κ1) is 15.5. The van der Waals surface area contributed by atoms with Crippen molar-refractivity contribution in [2.24, 2.45) is 0 Å². The van der Waals surface area contributed by atoms with Crippen molar-refractivity contribution in [1.29, 1.82) is 5.26 Å². The summed E-state index contributed by atoms with van der Waals surface area (Å²) < 4.78 is 26.5. The van der Waals surface area contributed by atoms with Crippen LogP contribution in [-0.2, 0) is 9.84 Å². The molecule has 0 amide bonds. The molecule has 0 aromatic carbocycles. The molecule has 0 spiro atoms. The third-order valence-electron chi connectivity index (χ3n) is 3.14. The average Bonchev–Trinajstić information content (AvgIpc) is 2.76. The number of nitrogens with one attached hydrogen (secondary N) is 1. The number of nitrogens with zero attached hydrogens (tertiary/aromatic N) is 3. The molecule has 2 heterocycles. The Labute approximate surface area is 127 Å². The molecule has 0 atom stereocenters. The quantitative estimate of drug-likeness (QED) is 0.814. The molecule has 1 aromatic rings. The number of sulfone groups is 1. The highest BCUT2D eigenvalue weighted by Crippen LogP contribution is 2.27. The first-order valence-electron chi connectivity index (χ1n) is 6.24. The van der Waals surface area contributed by atoms with Crippen LogP contribution in [0.2, 0.25) is 5.15 Å². The van der Waals surface area contributed by atoms with Crippen LogP contribution < -0.4 is 5.32 Å². The molecule has 0 saturated carbocycles. The molecule has 1 aliphatic rings. The maximum atomic E-state index is 11.3. The normalized spacial score (nSPS) is 18.6. The largest absolute Gasteiger partial charge is 0.374 e. The minimum Gasteiger partial charge on any atom is -0.374 e. The van der Waals surface area contributed by atoms with Crippen LogP contribution in [0.15, 0.2) is 0 Å². The summed E-state index contributed by atoms with van der Waals surface area (Å²) in [6, 6.07) is 2.02. The Balaban J connectivity index is 1.71. The summed E-state index contributed by atoms with van der Waals surface area (Å²) >= 11 is 6.96. The zero-order chi connectivity index (χ0) is 14.6. The van der Waals surface area contributed by atoms with Gasteiger partial charge in [-0.1, -0.05) is 11.6 Å². The Bertz CT molecular complexity index is 594. The summed E-state index contributed by atoms with van der Waals surface area (Å²) in [6.45, 7) is 2.77. The van der Waals surface area contributed by atoms with Crippen LogP contribution in [0.3, 0.4) is 0 Å². The van der Waals surface area contributed by atoms with Gasteiger partial charge in [-0.15, -0.1) is 0 Å². The van der Waals surface area contributed by atoms with E-state index >= 15 is 0 Å². The second kappa shape index (κ2) is 6.72. The van der Waals surface area contributed by atoms with Gasteiger partial charge in [-0.2, -0.15) is 9.64 Å². The molecule has 1 saturated heterocycles. The second-order valence-electron chi connectivity index (χ2n) is 4.56. The maximum Gasteiger partial charge on any atom is 0.162 e. The van der Waals surface area contributed by atoms with Crippen LogP contribution in [0.25, 0.3) is 0 Å². The van der Waals surface area contributed by atoms with Gasteiger partial charge in [-0.25, -0.2) is 8.42 Å². The Kier molecular flexibility index (Phi) is 5.21. The SMILES string of the molecule is N#Cc1c(Cl)nsc1NCCCN1CCS(=O)(=O)CC1. The number of nitriles is 1. The highest BCUT2D eigenvalue weighted by atomic mass is 35.5. The van der Waals surface area contributed by atoms with Gasteiger partial charge >= 0.3 is 0 Å². The van der Waals surface area contributed by atoms with E-state index < -0.39 is 9.84 Å². The standard InChI is InChI=1S/C11H15ClN4O2S2/c12-10-9(8-13)11(19-15-10)14-2-1-3-16-4-6-20(17,18)7-5-16/h14H,1-7H2. The van der Waals surface area contributed by atoms with E-state index in [9.17, 15) is 8.42 Å². The van der Waals surface area contributed by atoms with E-state index in [-0.39, 0.29) is 16.7 Å². The van der Waals surface area contributed by atoms with Gasteiger partial charge < -0.3 is 10.2 Å². The van der Waals surface area contributed by atoms with Gasteiger partial charge in [0.15, 0.2) is 15.0 Å². The fraction of sp³-hybridized carbons (Fsp3) is 0.636. The Morgan fingerprint density at radius 3 is 2.80 bits per heavy atom. The molecule has 9 heteroatoms. The van der Waals surface area contributed by atoms with Crippen LogP contribution in [-0.4, -0.2) is 55.4 Å². The molecule has 1 fully saturated rings. The molecule has 0 bridgehead atoms. The van der Waals surface area contributed by atoms with E-state index in [1.807, 2.05) is 6.07 Å². The number of halogens is 1. The fourth-order valence-electron chi connectivity index (χ4n) is 1.97. The van der Waals surface area contributed by atoms with Gasteiger partial charge in [0, 0.05) is 19.6 Å². The number of aromatic nitrogens is 1. The van der Waals surface area contributed by atoms with Gasteiger partial charge in [0.2, 0.25) is 0 Å². The lowest BCUT2D eigenvalue weighted by molar-refractivity contribution is 0.295. The molecule has 110 valence electrons. The summed E-state index contributed by atoms with van der Waals surface area (Å²) in [7, 11) is -2.81. The van der Waals surface area contributed by atoms with Gasteiger partial charge in [0.05, 0.1) is 11.5 Å². The van der Waals surface area contributed by atoms with Crippen molar-refractivity contribution in [2.75, 3.05) is 43.0 Å². The lowest BCUT2D eigenvalue weighted by atomic mass is 10.3. The zero-order valence-electron chi connectivity index (χ0n) is 10.8. The summed E-state index contributed by atoms with van der Waals surface area (Å²) in [4.78, 5) is 2.15. The topological polar surface area (TPSA) is 86.1 Å². The third kappa shape index (κ3) is 4.06. The van der Waals surface area contributed by atoms with Crippen LogP contribution in [0, 0.1) is 11.3 Å². The van der Waals surface area contributed by atoms with Crippen LogP contribution in [0.1, 0.15) is 12.0 Å². The predicted molar refractivity (Wildman–Crippen MR) is 80.0 cm³/mol. The molecule has 6 nitrogen and oxygen atoms in total. The monoisotopic (exact) mass is 334 g/mol. The Morgan fingerprint density at radius 2 is 2.15 bits per heavy atom. The minimum atomic E-state index is -2.81. The molecule has 0 unspecified atom stereocenters. The van der Waals surface area contributed by atoms with Crippen LogP contribution in [0.4, 0.5) is 5.00 Å². The second-order valence-corrected chi connectivity index (χ2v) is 8.00. The number of rotatable bonds is 5. The highest BCUT2D eigenvalue weighted by molar-refractivity contribution is 7.91. The van der Waals surface area contributed by atoms with E-state index in [1.54, 1.807) is 0 Å².